The van der Waals surface area contributed by atoms with E-state index in [0.717, 1.165) is 38.5 Å². The van der Waals surface area contributed by atoms with Gasteiger partial charge in [0.2, 0.25) is 5.91 Å². The van der Waals surface area contributed by atoms with Crippen LogP contribution >= 0.6 is 7.82 Å². The molecule has 61 heavy (non-hydrogen) atoms. The molecule has 0 aliphatic heterocycles. The molecule has 0 fully saturated rings. The number of carbonyl (C=O) groups excluding carboxylic acids is 1. The lowest BCUT2D eigenvalue weighted by molar-refractivity contribution is -0.870. The Kier molecular flexibility index (Phi) is 43.5. The van der Waals surface area contributed by atoms with Gasteiger partial charge in [-0.2, -0.15) is 0 Å². The van der Waals surface area contributed by atoms with E-state index in [-0.39, 0.29) is 19.1 Å². The molecule has 0 saturated carbocycles. The molecule has 1 amide bonds. The van der Waals surface area contributed by atoms with Crippen molar-refractivity contribution in [3.8, 4) is 0 Å². The first kappa shape index (κ1) is 60.0. The molecular formula is C52H104N2O6P+. The zero-order valence-corrected chi connectivity index (χ0v) is 42.1. The molecule has 362 valence electrons. The highest BCUT2D eigenvalue weighted by Gasteiger charge is 2.27. The maximum absolute atomic E-state index is 12.8. The lowest BCUT2D eigenvalue weighted by Crippen LogP contribution is -2.45. The molecule has 3 atom stereocenters. The second kappa shape index (κ2) is 44.2. The number of rotatable bonds is 48. The molecule has 0 aromatic rings. The molecule has 3 N–H and O–H groups in total. The van der Waals surface area contributed by atoms with Gasteiger partial charge in [-0.1, -0.05) is 237 Å². The van der Waals surface area contributed by atoms with Gasteiger partial charge < -0.3 is 19.8 Å². The number of hydrogen-bond acceptors (Lipinski definition) is 5. The van der Waals surface area contributed by atoms with Gasteiger partial charge in [0.05, 0.1) is 39.9 Å². The third kappa shape index (κ3) is 46.8. The minimum atomic E-state index is -4.34. The molecule has 9 heteroatoms. The van der Waals surface area contributed by atoms with Crippen LogP contribution < -0.4 is 5.32 Å². The molecular weight excluding hydrogens is 780 g/mol. The van der Waals surface area contributed by atoms with Gasteiger partial charge in [-0.05, 0) is 32.1 Å². The molecule has 3 unspecified atom stereocenters. The third-order valence-electron chi connectivity index (χ3n) is 11.9. The van der Waals surface area contributed by atoms with Crippen molar-refractivity contribution in [1.29, 1.82) is 0 Å². The van der Waals surface area contributed by atoms with Gasteiger partial charge in [0.1, 0.15) is 13.2 Å². The van der Waals surface area contributed by atoms with E-state index in [9.17, 15) is 19.4 Å². The van der Waals surface area contributed by atoms with Gasteiger partial charge in [0, 0.05) is 6.42 Å². The lowest BCUT2D eigenvalue weighted by Gasteiger charge is -2.25. The van der Waals surface area contributed by atoms with Gasteiger partial charge in [-0.3, -0.25) is 13.8 Å². The summed E-state index contributed by atoms with van der Waals surface area (Å²) in [5.41, 5.74) is 0. The summed E-state index contributed by atoms with van der Waals surface area (Å²) in [6, 6.07) is -0.857. The number of aliphatic hydroxyl groups excluding tert-OH is 1. The van der Waals surface area contributed by atoms with Gasteiger partial charge in [-0.25, -0.2) is 4.57 Å². The number of phosphoric ester groups is 1. The monoisotopic (exact) mass is 884 g/mol. The SMILES string of the molecule is CCCCCCCCCCCCCCCCCCCCCCCCCC/C=C/CC/C=C/C(O)C(COP(=O)(O)OCC[N+](C)(C)C)NC(=O)CCCCCCCCCCC. The quantitative estimate of drug-likeness (QED) is 0.0243. The van der Waals surface area contributed by atoms with Crippen molar-refractivity contribution in [1.82, 2.24) is 5.32 Å². The Morgan fingerprint density at radius 2 is 0.902 bits per heavy atom. The van der Waals surface area contributed by atoms with Crippen LogP contribution in [0.2, 0.25) is 0 Å². The molecule has 8 nitrogen and oxygen atoms in total. The Balaban J connectivity index is 4.08. The maximum Gasteiger partial charge on any atom is 0.472 e. The van der Waals surface area contributed by atoms with Crippen molar-refractivity contribution < 1.29 is 32.9 Å². The van der Waals surface area contributed by atoms with Crippen LogP contribution in [-0.4, -0.2) is 73.4 Å². The van der Waals surface area contributed by atoms with Crippen LogP contribution in [0.1, 0.15) is 251 Å². The Bertz CT molecular complexity index is 1050. The topological polar surface area (TPSA) is 105 Å². The highest BCUT2D eigenvalue weighted by Crippen LogP contribution is 2.43. The van der Waals surface area contributed by atoms with Gasteiger partial charge >= 0.3 is 7.82 Å². The highest BCUT2D eigenvalue weighted by molar-refractivity contribution is 7.47. The fourth-order valence-corrected chi connectivity index (χ4v) is 8.50. The Morgan fingerprint density at radius 3 is 1.31 bits per heavy atom. The van der Waals surface area contributed by atoms with E-state index in [1.54, 1.807) is 6.08 Å². The smallest absolute Gasteiger partial charge is 0.387 e. The minimum Gasteiger partial charge on any atom is -0.387 e. The number of nitrogens with one attached hydrogen (secondary N) is 1. The Labute approximate surface area is 379 Å². The van der Waals surface area contributed by atoms with Crippen molar-refractivity contribution in [2.45, 2.75) is 264 Å². The number of nitrogens with zero attached hydrogens (tertiary/aromatic N) is 1. The molecule has 0 spiro atoms. The number of carbonyl (C=O) groups is 1. The Morgan fingerprint density at radius 1 is 0.541 bits per heavy atom. The average Bonchev–Trinajstić information content (AvgIpc) is 3.21. The van der Waals surface area contributed by atoms with Crippen molar-refractivity contribution in [2.24, 2.45) is 0 Å². The van der Waals surface area contributed by atoms with Crippen LogP contribution in [0.25, 0.3) is 0 Å². The number of unbranched alkanes of at least 4 members (excludes halogenated alkanes) is 33. The van der Waals surface area contributed by atoms with Crippen molar-refractivity contribution in [3.05, 3.63) is 24.3 Å². The Hall–Kier alpha value is -1.02. The van der Waals surface area contributed by atoms with E-state index < -0.39 is 20.0 Å². The molecule has 0 aliphatic carbocycles. The van der Waals surface area contributed by atoms with Crippen LogP contribution in [0.5, 0.6) is 0 Å². The van der Waals surface area contributed by atoms with Gasteiger partial charge in [-0.15, -0.1) is 0 Å². The van der Waals surface area contributed by atoms with Crippen molar-refractivity contribution in [2.75, 3.05) is 40.9 Å². The lowest BCUT2D eigenvalue weighted by atomic mass is 10.0. The summed E-state index contributed by atoms with van der Waals surface area (Å²) in [5, 5.41) is 13.8. The van der Waals surface area contributed by atoms with E-state index in [1.165, 1.54) is 193 Å². The van der Waals surface area contributed by atoms with Gasteiger partial charge in [0.25, 0.3) is 0 Å². The largest absolute Gasteiger partial charge is 0.472 e. The summed E-state index contributed by atoms with van der Waals surface area (Å²) in [4.78, 5) is 23.1. The summed E-state index contributed by atoms with van der Waals surface area (Å²) in [7, 11) is 1.56. The minimum absolute atomic E-state index is 0.0581. The first-order valence-corrected chi connectivity index (χ1v) is 27.7. The van der Waals surface area contributed by atoms with E-state index in [1.807, 2.05) is 27.2 Å². The number of allylic oxidation sites excluding steroid dienone is 3. The molecule has 0 bridgehead atoms. The van der Waals surface area contributed by atoms with Crippen LogP contribution in [0.15, 0.2) is 24.3 Å². The normalized spacial score (nSPS) is 14.3. The molecule has 0 aliphatic rings. The summed E-state index contributed by atoms with van der Waals surface area (Å²) >= 11 is 0. The van der Waals surface area contributed by atoms with E-state index in [2.05, 4.69) is 31.3 Å². The zero-order chi connectivity index (χ0) is 45.0. The molecule has 0 aromatic heterocycles. The van der Waals surface area contributed by atoms with Crippen molar-refractivity contribution >= 4 is 13.7 Å². The van der Waals surface area contributed by atoms with Crippen LogP contribution in [-0.2, 0) is 18.4 Å². The van der Waals surface area contributed by atoms with E-state index in [0.29, 0.717) is 17.4 Å². The fourth-order valence-electron chi connectivity index (χ4n) is 7.77. The predicted octanol–water partition coefficient (Wildman–Crippen LogP) is 15.3. The van der Waals surface area contributed by atoms with E-state index >= 15 is 0 Å². The molecule has 0 heterocycles. The first-order valence-electron chi connectivity index (χ1n) is 26.2. The summed E-state index contributed by atoms with van der Waals surface area (Å²) in [5.74, 6) is -0.189. The summed E-state index contributed by atoms with van der Waals surface area (Å²) in [6.45, 7) is 4.79. The highest BCUT2D eigenvalue weighted by atomic mass is 31.2. The fraction of sp³-hybridized carbons (Fsp3) is 0.904. The number of quaternary nitrogens is 1. The molecule has 0 rings (SSSR count). The number of phosphoric acid groups is 1. The molecule has 0 saturated heterocycles. The summed E-state index contributed by atoms with van der Waals surface area (Å²) in [6.07, 6.45) is 54.4. The predicted molar refractivity (Wildman–Crippen MR) is 263 cm³/mol. The summed E-state index contributed by atoms with van der Waals surface area (Å²) < 4.78 is 23.5. The number of aliphatic hydroxyl groups is 1. The second-order valence-electron chi connectivity index (χ2n) is 19.3. The standard InChI is InChI=1S/C52H103N2O6P/c1-6-8-10-12-14-16-17-18-19-20-21-22-23-24-25-26-27-28-29-30-31-32-33-34-35-36-38-39-41-43-45-51(55)50(49-60-61(57,58)59-48-47-54(3,4)5)53-52(56)46-44-42-40-37-15-13-11-9-7-2/h36,38,43,45,50-51,55H,6-35,37,39-42,44,46-49H2,1-5H3,(H-,53,56,57,58)/p+1/b38-36+,45-43+. The molecule has 0 aromatic carbocycles. The number of amides is 1. The average molecular weight is 884 g/mol. The van der Waals surface area contributed by atoms with Crippen LogP contribution in [0, 0.1) is 0 Å². The maximum atomic E-state index is 12.8. The van der Waals surface area contributed by atoms with Crippen LogP contribution in [0.3, 0.4) is 0 Å². The number of hydrogen-bond donors (Lipinski definition) is 3. The third-order valence-corrected chi connectivity index (χ3v) is 12.9. The number of likely N-dealkylation sites (N-methyl/N-ethyl adjacent to an activating group) is 1. The first-order chi connectivity index (χ1) is 29.5. The van der Waals surface area contributed by atoms with Gasteiger partial charge in [0.15, 0.2) is 0 Å². The molecule has 0 radical (unpaired) electrons. The van der Waals surface area contributed by atoms with Crippen molar-refractivity contribution in [3.63, 3.8) is 0 Å². The van der Waals surface area contributed by atoms with Crippen LogP contribution in [0.4, 0.5) is 0 Å². The van der Waals surface area contributed by atoms with E-state index in [4.69, 9.17) is 9.05 Å². The second-order valence-corrected chi connectivity index (χ2v) is 20.7. The zero-order valence-electron chi connectivity index (χ0n) is 41.2.